The molecule has 182 valence electrons. The van der Waals surface area contributed by atoms with Gasteiger partial charge in [-0.1, -0.05) is 53.5 Å². The lowest BCUT2D eigenvalue weighted by Gasteiger charge is -2.67. The van der Waals surface area contributed by atoms with Gasteiger partial charge in [-0.25, -0.2) is 0 Å². The summed E-state index contributed by atoms with van der Waals surface area (Å²) in [6.07, 6.45) is 16.1. The summed E-state index contributed by atoms with van der Waals surface area (Å²) >= 11 is 0. The van der Waals surface area contributed by atoms with E-state index in [1.807, 2.05) is 19.9 Å². The third kappa shape index (κ3) is 2.89. The van der Waals surface area contributed by atoms with Gasteiger partial charge in [0.25, 0.3) is 0 Å². The summed E-state index contributed by atoms with van der Waals surface area (Å²) in [5, 5.41) is 9.81. The van der Waals surface area contributed by atoms with Gasteiger partial charge >= 0.3 is 0 Å². The van der Waals surface area contributed by atoms with E-state index in [0.717, 1.165) is 44.9 Å². The summed E-state index contributed by atoms with van der Waals surface area (Å²) in [7, 11) is 0. The number of terminal acetylenes is 1. The van der Waals surface area contributed by atoms with Crippen LogP contribution in [0, 0.1) is 80.3 Å². The Morgan fingerprint density at radius 3 is 2.29 bits per heavy atom. The van der Waals surface area contributed by atoms with Crippen molar-refractivity contribution in [1.82, 2.24) is 0 Å². The summed E-state index contributed by atoms with van der Waals surface area (Å²) < 4.78 is 0. The molecule has 3 heteroatoms. The van der Waals surface area contributed by atoms with Crippen molar-refractivity contribution in [2.45, 2.75) is 92.9 Å². The number of carbonyl (C=O) groups is 2. The fraction of sp³-hybridized carbons (Fsp3) is 0.774. The van der Waals surface area contributed by atoms with Crippen molar-refractivity contribution in [2.75, 3.05) is 0 Å². The lowest BCUT2D eigenvalue weighted by atomic mass is 9.35. The highest BCUT2D eigenvalue weighted by atomic mass is 16.1. The van der Waals surface area contributed by atoms with Crippen LogP contribution in [0.25, 0.3) is 0 Å². The minimum Gasteiger partial charge on any atom is -0.299 e. The zero-order valence-electron chi connectivity index (χ0n) is 22.0. The average Bonchev–Trinajstić information content (AvgIpc) is 2.77. The molecule has 0 N–H and O–H groups in total. The standard InChI is InChI=1S/C31H41NO2/c1-8-31-12-9-20-25(21(31)17-27(2,3)13-14-31)22(33)15-24-29(20,6)11-10-23-28(4,5)26(34)19(18-32)16-30(23,24)7/h1,16,20-21,23-25H,9-15,17H2,2-7H3. The summed E-state index contributed by atoms with van der Waals surface area (Å²) in [5.41, 5.74) is -0.459. The molecule has 3 nitrogen and oxygen atoms in total. The van der Waals surface area contributed by atoms with Crippen molar-refractivity contribution in [2.24, 2.45) is 56.7 Å². The van der Waals surface area contributed by atoms with Crippen LogP contribution in [-0.2, 0) is 9.59 Å². The molecule has 0 radical (unpaired) electrons. The lowest BCUT2D eigenvalue weighted by Crippen LogP contribution is -2.64. The number of nitriles is 1. The molecule has 0 heterocycles. The number of hydrogen-bond acceptors (Lipinski definition) is 3. The van der Waals surface area contributed by atoms with Gasteiger partial charge in [0.15, 0.2) is 5.78 Å². The quantitative estimate of drug-likeness (QED) is 0.387. The highest BCUT2D eigenvalue weighted by Gasteiger charge is 2.68. The van der Waals surface area contributed by atoms with E-state index in [4.69, 9.17) is 6.42 Å². The van der Waals surface area contributed by atoms with Gasteiger partial charge in [0.2, 0.25) is 0 Å². The molecule has 8 atom stereocenters. The maximum atomic E-state index is 14.1. The molecule has 34 heavy (non-hydrogen) atoms. The van der Waals surface area contributed by atoms with E-state index in [1.165, 1.54) is 0 Å². The maximum Gasteiger partial charge on any atom is 0.178 e. The van der Waals surface area contributed by atoms with Crippen LogP contribution >= 0.6 is 0 Å². The van der Waals surface area contributed by atoms with Crippen LogP contribution < -0.4 is 0 Å². The van der Waals surface area contributed by atoms with Crippen LogP contribution in [0.2, 0.25) is 0 Å². The second kappa shape index (κ2) is 7.09. The number of hydrogen-bond donors (Lipinski definition) is 0. The predicted molar refractivity (Wildman–Crippen MR) is 133 cm³/mol. The van der Waals surface area contributed by atoms with Gasteiger partial charge in [-0.05, 0) is 84.9 Å². The molecule has 4 fully saturated rings. The molecule has 0 bridgehead atoms. The van der Waals surface area contributed by atoms with Crippen molar-refractivity contribution < 1.29 is 9.59 Å². The first-order valence-electron chi connectivity index (χ1n) is 13.4. The highest BCUT2D eigenvalue weighted by molar-refractivity contribution is 6.04. The summed E-state index contributed by atoms with van der Waals surface area (Å²) in [6, 6.07) is 2.21. The minimum absolute atomic E-state index is 0.0259. The fourth-order valence-corrected chi connectivity index (χ4v) is 10.2. The number of nitrogens with zero attached hydrogens (tertiary/aromatic N) is 1. The Kier molecular flexibility index (Phi) is 4.97. The van der Waals surface area contributed by atoms with Crippen LogP contribution in [0.15, 0.2) is 11.6 Å². The molecule has 4 saturated carbocycles. The van der Waals surface area contributed by atoms with Gasteiger partial charge in [-0.3, -0.25) is 9.59 Å². The first kappa shape index (κ1) is 23.9. The van der Waals surface area contributed by atoms with Crippen LogP contribution in [0.1, 0.15) is 92.9 Å². The molecule has 0 amide bonds. The van der Waals surface area contributed by atoms with Crippen molar-refractivity contribution in [3.63, 3.8) is 0 Å². The fourth-order valence-electron chi connectivity index (χ4n) is 10.2. The van der Waals surface area contributed by atoms with Gasteiger partial charge in [0, 0.05) is 23.2 Å². The van der Waals surface area contributed by atoms with Gasteiger partial charge in [-0.15, -0.1) is 6.42 Å². The van der Waals surface area contributed by atoms with Crippen molar-refractivity contribution in [3.05, 3.63) is 11.6 Å². The largest absolute Gasteiger partial charge is 0.299 e. The summed E-state index contributed by atoms with van der Waals surface area (Å²) in [5.74, 6) is 4.63. The Morgan fingerprint density at radius 2 is 1.65 bits per heavy atom. The molecule has 0 aromatic rings. The molecule has 5 aliphatic carbocycles. The lowest BCUT2D eigenvalue weighted by molar-refractivity contribution is -0.185. The molecule has 5 aliphatic rings. The van der Waals surface area contributed by atoms with E-state index in [1.54, 1.807) is 0 Å². The normalized spacial score (nSPS) is 48.7. The molecule has 5 rings (SSSR count). The summed E-state index contributed by atoms with van der Waals surface area (Å²) in [4.78, 5) is 27.2. The Balaban J connectivity index is 1.60. The van der Waals surface area contributed by atoms with Crippen LogP contribution in [0.3, 0.4) is 0 Å². The van der Waals surface area contributed by atoms with Gasteiger partial charge in [0.1, 0.15) is 11.9 Å². The molecule has 0 aliphatic heterocycles. The van der Waals surface area contributed by atoms with E-state index >= 15 is 0 Å². The second-order valence-corrected chi connectivity index (χ2v) is 14.4. The monoisotopic (exact) mass is 459 g/mol. The third-order valence-electron chi connectivity index (χ3n) is 12.0. The van der Waals surface area contributed by atoms with E-state index in [-0.39, 0.29) is 51.1 Å². The van der Waals surface area contributed by atoms with Gasteiger partial charge in [0.05, 0.1) is 5.57 Å². The maximum absolute atomic E-state index is 14.1. The molecule has 8 unspecified atom stereocenters. The van der Waals surface area contributed by atoms with E-state index < -0.39 is 5.41 Å². The number of rotatable bonds is 0. The zero-order chi connectivity index (χ0) is 24.9. The Hall–Kier alpha value is -1.87. The second-order valence-electron chi connectivity index (χ2n) is 14.4. The number of carbonyl (C=O) groups excluding carboxylic acids is 2. The molecule has 0 spiro atoms. The molecular formula is C31H41NO2. The first-order chi connectivity index (χ1) is 15.8. The average molecular weight is 460 g/mol. The van der Waals surface area contributed by atoms with E-state index in [9.17, 15) is 14.9 Å². The number of ketones is 2. The first-order valence-corrected chi connectivity index (χ1v) is 13.4. The molecule has 0 saturated heterocycles. The van der Waals surface area contributed by atoms with Gasteiger partial charge in [-0.2, -0.15) is 5.26 Å². The van der Waals surface area contributed by atoms with Crippen LogP contribution in [-0.4, -0.2) is 11.6 Å². The minimum atomic E-state index is -0.575. The predicted octanol–water partition coefficient (Wildman–Crippen LogP) is 6.53. The molecule has 0 aromatic carbocycles. The van der Waals surface area contributed by atoms with Gasteiger partial charge < -0.3 is 0 Å². The summed E-state index contributed by atoms with van der Waals surface area (Å²) in [6.45, 7) is 13.4. The Labute approximate surface area is 206 Å². The van der Waals surface area contributed by atoms with Crippen molar-refractivity contribution in [1.29, 1.82) is 5.26 Å². The topological polar surface area (TPSA) is 57.9 Å². The zero-order valence-corrected chi connectivity index (χ0v) is 22.0. The van der Waals surface area contributed by atoms with Crippen molar-refractivity contribution >= 4 is 11.6 Å². The smallest absolute Gasteiger partial charge is 0.178 e. The molecular weight excluding hydrogens is 418 g/mol. The SMILES string of the molecule is C#CC12CCC3C(C(=O)CC4C5(C)C=C(C#N)C(=O)C(C)(C)C5CCC34C)C1CC(C)(C)CC2. The van der Waals surface area contributed by atoms with E-state index in [0.29, 0.717) is 23.7 Å². The Bertz CT molecular complexity index is 1070. The number of fused-ring (bicyclic) bond motifs is 7. The highest BCUT2D eigenvalue weighted by Crippen LogP contribution is 2.71. The van der Waals surface area contributed by atoms with E-state index in [2.05, 4.69) is 39.7 Å². The number of Topliss-reactive ketones (excluding diaryl/α,β-unsaturated/α-hetero) is 2. The van der Waals surface area contributed by atoms with Crippen molar-refractivity contribution in [3.8, 4) is 18.4 Å². The third-order valence-corrected chi connectivity index (χ3v) is 12.0. The Morgan fingerprint density at radius 1 is 0.941 bits per heavy atom. The van der Waals surface area contributed by atoms with Crippen LogP contribution in [0.5, 0.6) is 0 Å². The number of allylic oxidation sites excluding steroid dienone is 2. The molecule has 0 aromatic heterocycles. The van der Waals surface area contributed by atoms with Crippen LogP contribution in [0.4, 0.5) is 0 Å².